The van der Waals surface area contributed by atoms with Crippen LogP contribution in [-0.4, -0.2) is 41.0 Å². The minimum Gasteiger partial charge on any atom is -0.389 e. The Morgan fingerprint density at radius 2 is 1.82 bits per heavy atom. The molecule has 17 heavy (non-hydrogen) atoms. The fourth-order valence-corrected chi connectivity index (χ4v) is 1.63. The van der Waals surface area contributed by atoms with E-state index in [4.69, 9.17) is 0 Å². The second kappa shape index (κ2) is 8.44. The van der Waals surface area contributed by atoms with E-state index in [2.05, 4.69) is 10.6 Å². The molecular formula is C12H26N2O3. The molecule has 0 heterocycles. The molecule has 2 unspecified atom stereocenters. The van der Waals surface area contributed by atoms with E-state index in [1.165, 1.54) is 0 Å². The fraction of sp³-hybridized carbons (Fsp3) is 0.917. The molecular weight excluding hydrogens is 220 g/mol. The molecule has 0 aromatic rings. The van der Waals surface area contributed by atoms with Gasteiger partial charge in [-0.2, -0.15) is 0 Å². The number of aliphatic hydroxyl groups excluding tert-OH is 2. The summed E-state index contributed by atoms with van der Waals surface area (Å²) in [5.41, 5.74) is 0. The lowest BCUT2D eigenvalue weighted by Gasteiger charge is -2.24. The SMILES string of the molecule is CCCC(C)C(O)[C@H](O)NCC(=O)NC(C)C. The Labute approximate surface area is 104 Å². The normalized spacial score (nSPS) is 16.6. The van der Waals surface area contributed by atoms with Crippen molar-refractivity contribution < 1.29 is 15.0 Å². The standard InChI is InChI=1S/C12H26N2O3/c1-5-6-9(4)11(16)12(17)13-7-10(15)14-8(2)3/h8-9,11-13,16-17H,5-7H2,1-4H3,(H,14,15)/t9?,11?,12-/m0/s1. The van der Waals surface area contributed by atoms with E-state index in [9.17, 15) is 15.0 Å². The lowest BCUT2D eigenvalue weighted by molar-refractivity contribution is -0.122. The van der Waals surface area contributed by atoms with Gasteiger partial charge >= 0.3 is 0 Å². The van der Waals surface area contributed by atoms with Crippen molar-refractivity contribution in [2.24, 2.45) is 5.92 Å². The maximum atomic E-state index is 11.3. The van der Waals surface area contributed by atoms with Crippen LogP contribution >= 0.6 is 0 Å². The summed E-state index contributed by atoms with van der Waals surface area (Å²) in [6.07, 6.45) is -0.104. The van der Waals surface area contributed by atoms with E-state index >= 15 is 0 Å². The third kappa shape index (κ3) is 7.31. The third-order valence-corrected chi connectivity index (χ3v) is 2.57. The maximum absolute atomic E-state index is 11.3. The third-order valence-electron chi connectivity index (χ3n) is 2.57. The first kappa shape index (κ1) is 16.4. The number of hydrogen-bond donors (Lipinski definition) is 4. The Morgan fingerprint density at radius 3 is 2.29 bits per heavy atom. The quantitative estimate of drug-likeness (QED) is 0.462. The van der Waals surface area contributed by atoms with Gasteiger partial charge < -0.3 is 15.5 Å². The van der Waals surface area contributed by atoms with Gasteiger partial charge in [0.1, 0.15) is 6.23 Å². The highest BCUT2D eigenvalue weighted by Gasteiger charge is 2.22. The number of nitrogens with one attached hydrogen (secondary N) is 2. The molecule has 0 aliphatic heterocycles. The van der Waals surface area contributed by atoms with Crippen LogP contribution in [0.25, 0.3) is 0 Å². The number of carbonyl (C=O) groups is 1. The molecule has 0 saturated heterocycles. The fourth-order valence-electron chi connectivity index (χ4n) is 1.63. The second-order valence-electron chi connectivity index (χ2n) is 4.80. The molecule has 1 amide bonds. The summed E-state index contributed by atoms with van der Waals surface area (Å²) in [6, 6.07) is 0.0744. The molecule has 0 aromatic heterocycles. The summed E-state index contributed by atoms with van der Waals surface area (Å²) in [6.45, 7) is 7.65. The summed E-state index contributed by atoms with van der Waals surface area (Å²) >= 11 is 0. The second-order valence-corrected chi connectivity index (χ2v) is 4.80. The summed E-state index contributed by atoms with van der Waals surface area (Å²) in [7, 11) is 0. The highest BCUT2D eigenvalue weighted by molar-refractivity contribution is 5.78. The van der Waals surface area contributed by atoms with E-state index < -0.39 is 12.3 Å². The van der Waals surface area contributed by atoms with Crippen LogP contribution in [0.3, 0.4) is 0 Å². The minimum absolute atomic E-state index is 0.00918. The van der Waals surface area contributed by atoms with Crippen LogP contribution in [0.4, 0.5) is 0 Å². The van der Waals surface area contributed by atoms with E-state index in [1.54, 1.807) is 0 Å². The van der Waals surface area contributed by atoms with Crippen LogP contribution < -0.4 is 10.6 Å². The molecule has 3 atom stereocenters. The minimum atomic E-state index is -1.06. The number of aliphatic hydroxyl groups is 2. The molecule has 0 bridgehead atoms. The predicted molar refractivity (Wildman–Crippen MR) is 67.4 cm³/mol. The van der Waals surface area contributed by atoms with E-state index in [0.29, 0.717) is 0 Å². The Balaban J connectivity index is 3.92. The van der Waals surface area contributed by atoms with Crippen molar-refractivity contribution in [3.63, 3.8) is 0 Å². The lowest BCUT2D eigenvalue weighted by atomic mass is 9.98. The molecule has 0 aliphatic carbocycles. The zero-order valence-electron chi connectivity index (χ0n) is 11.2. The van der Waals surface area contributed by atoms with Crippen LogP contribution in [0.1, 0.15) is 40.5 Å². The molecule has 0 spiro atoms. The highest BCUT2D eigenvalue weighted by Crippen LogP contribution is 2.12. The zero-order chi connectivity index (χ0) is 13.4. The Kier molecular flexibility index (Phi) is 8.12. The molecule has 5 heteroatoms. The van der Waals surface area contributed by atoms with Crippen LogP contribution in [0, 0.1) is 5.92 Å². The van der Waals surface area contributed by atoms with Gasteiger partial charge in [0, 0.05) is 6.04 Å². The largest absolute Gasteiger partial charge is 0.389 e. The smallest absolute Gasteiger partial charge is 0.234 e. The van der Waals surface area contributed by atoms with Gasteiger partial charge in [-0.1, -0.05) is 20.3 Å². The molecule has 0 radical (unpaired) electrons. The van der Waals surface area contributed by atoms with Gasteiger partial charge in [-0.3, -0.25) is 10.1 Å². The number of hydrogen-bond acceptors (Lipinski definition) is 4. The summed E-state index contributed by atoms with van der Waals surface area (Å²) in [5.74, 6) is -0.176. The molecule has 0 fully saturated rings. The highest BCUT2D eigenvalue weighted by atomic mass is 16.3. The van der Waals surface area contributed by atoms with Crippen molar-refractivity contribution in [1.82, 2.24) is 10.6 Å². The van der Waals surface area contributed by atoms with Gasteiger partial charge in [-0.25, -0.2) is 0 Å². The molecule has 0 rings (SSSR count). The van der Waals surface area contributed by atoms with Gasteiger partial charge in [0.25, 0.3) is 0 Å². The summed E-state index contributed by atoms with van der Waals surface area (Å²) < 4.78 is 0. The Hall–Kier alpha value is -0.650. The molecule has 5 nitrogen and oxygen atoms in total. The van der Waals surface area contributed by atoms with Crippen molar-refractivity contribution in [3.05, 3.63) is 0 Å². The lowest BCUT2D eigenvalue weighted by Crippen LogP contribution is -2.47. The van der Waals surface area contributed by atoms with Crippen molar-refractivity contribution in [1.29, 1.82) is 0 Å². The molecule has 0 aliphatic rings. The van der Waals surface area contributed by atoms with Gasteiger partial charge in [0.05, 0.1) is 12.6 Å². The first-order valence-corrected chi connectivity index (χ1v) is 6.27. The van der Waals surface area contributed by atoms with E-state index in [1.807, 2.05) is 27.7 Å². The van der Waals surface area contributed by atoms with Crippen LogP contribution in [0.15, 0.2) is 0 Å². The van der Waals surface area contributed by atoms with Crippen LogP contribution in [-0.2, 0) is 4.79 Å². The van der Waals surface area contributed by atoms with Gasteiger partial charge in [0.15, 0.2) is 0 Å². The number of rotatable bonds is 8. The monoisotopic (exact) mass is 246 g/mol. The average Bonchev–Trinajstić information content (AvgIpc) is 2.24. The summed E-state index contributed by atoms with van der Waals surface area (Å²) in [5, 5.41) is 24.7. The summed E-state index contributed by atoms with van der Waals surface area (Å²) in [4.78, 5) is 11.3. The predicted octanol–water partition coefficient (Wildman–Crippen LogP) is 0.216. The van der Waals surface area contributed by atoms with Gasteiger partial charge in [-0.15, -0.1) is 0 Å². The molecule has 102 valence electrons. The molecule has 4 N–H and O–H groups in total. The van der Waals surface area contributed by atoms with Crippen LogP contribution in [0.5, 0.6) is 0 Å². The van der Waals surface area contributed by atoms with Crippen molar-refractivity contribution in [3.8, 4) is 0 Å². The first-order valence-electron chi connectivity index (χ1n) is 6.27. The molecule has 0 aromatic carbocycles. The first-order chi connectivity index (χ1) is 7.88. The number of carbonyl (C=O) groups excluding carboxylic acids is 1. The van der Waals surface area contributed by atoms with E-state index in [0.717, 1.165) is 12.8 Å². The Morgan fingerprint density at radius 1 is 1.24 bits per heavy atom. The van der Waals surface area contributed by atoms with Crippen molar-refractivity contribution in [2.45, 2.75) is 58.9 Å². The van der Waals surface area contributed by atoms with E-state index in [-0.39, 0.29) is 24.4 Å². The van der Waals surface area contributed by atoms with Crippen molar-refractivity contribution in [2.75, 3.05) is 6.54 Å². The Bertz CT molecular complexity index is 222. The average molecular weight is 246 g/mol. The zero-order valence-corrected chi connectivity index (χ0v) is 11.2. The van der Waals surface area contributed by atoms with Crippen LogP contribution in [0.2, 0.25) is 0 Å². The number of amides is 1. The topological polar surface area (TPSA) is 81.6 Å². The van der Waals surface area contributed by atoms with Crippen molar-refractivity contribution >= 4 is 5.91 Å². The maximum Gasteiger partial charge on any atom is 0.234 e. The van der Waals surface area contributed by atoms with Gasteiger partial charge in [0.2, 0.25) is 5.91 Å². The van der Waals surface area contributed by atoms with Gasteiger partial charge in [-0.05, 0) is 26.2 Å². The molecule has 0 saturated carbocycles.